The number of methoxy groups -OCH3 is 1. The number of ether oxygens (including phenoxy) is 2. The van der Waals surface area contributed by atoms with E-state index in [-0.39, 0.29) is 12.6 Å². The number of esters is 1. The Bertz CT molecular complexity index is 681. The molecule has 3 N–H and O–H groups in total. The largest absolute Gasteiger partial charge is 0.480 e. The van der Waals surface area contributed by atoms with E-state index in [2.05, 4.69) is 15.4 Å². The molecule has 1 aliphatic rings. The first kappa shape index (κ1) is 26.4. The van der Waals surface area contributed by atoms with Crippen LogP contribution in [0.15, 0.2) is 30.3 Å². The molecule has 174 valence electrons. The highest BCUT2D eigenvalue weighted by Gasteiger charge is 2.33. The van der Waals surface area contributed by atoms with Gasteiger partial charge in [0, 0.05) is 6.04 Å². The molecular formula is C23H36N2O6. The fraction of sp³-hybridized carbons (Fsp3) is 0.609. The highest BCUT2D eigenvalue weighted by atomic mass is 16.5. The van der Waals surface area contributed by atoms with E-state index in [0.29, 0.717) is 12.6 Å². The summed E-state index contributed by atoms with van der Waals surface area (Å²) in [5, 5.41) is 14.6. The van der Waals surface area contributed by atoms with Gasteiger partial charge in [-0.2, -0.15) is 0 Å². The summed E-state index contributed by atoms with van der Waals surface area (Å²) >= 11 is 0. The third kappa shape index (κ3) is 11.4. The lowest BCUT2D eigenvalue weighted by Crippen LogP contribution is -2.49. The number of rotatable bonds is 7. The van der Waals surface area contributed by atoms with Gasteiger partial charge in [-0.25, -0.2) is 9.59 Å². The van der Waals surface area contributed by atoms with Crippen LogP contribution in [0.1, 0.15) is 58.4 Å². The van der Waals surface area contributed by atoms with Gasteiger partial charge in [0.05, 0.1) is 13.7 Å². The number of benzene rings is 1. The van der Waals surface area contributed by atoms with Crippen LogP contribution in [-0.2, 0) is 25.7 Å². The lowest BCUT2D eigenvalue weighted by atomic mass is 9.87. The molecule has 0 bridgehead atoms. The Morgan fingerprint density at radius 3 is 2.23 bits per heavy atom. The van der Waals surface area contributed by atoms with E-state index in [9.17, 15) is 14.4 Å². The maximum absolute atomic E-state index is 11.6. The number of alkyl carbamates (subject to hydrolysis) is 1. The first-order valence-electron chi connectivity index (χ1n) is 10.6. The zero-order valence-corrected chi connectivity index (χ0v) is 19.0. The average Bonchev–Trinajstić information content (AvgIpc) is 2.75. The Kier molecular flexibility index (Phi) is 11.6. The highest BCUT2D eigenvalue weighted by molar-refractivity contribution is 5.80. The van der Waals surface area contributed by atoms with Crippen molar-refractivity contribution in [2.45, 2.75) is 71.6 Å². The summed E-state index contributed by atoms with van der Waals surface area (Å²) in [6, 6.07) is 8.74. The molecule has 1 amide bonds. The summed E-state index contributed by atoms with van der Waals surface area (Å²) in [4.78, 5) is 33.4. The van der Waals surface area contributed by atoms with Gasteiger partial charge in [-0.15, -0.1) is 0 Å². The van der Waals surface area contributed by atoms with E-state index in [1.807, 2.05) is 30.3 Å². The first-order valence-corrected chi connectivity index (χ1v) is 10.6. The van der Waals surface area contributed by atoms with Gasteiger partial charge in [0.15, 0.2) is 0 Å². The predicted octanol–water partition coefficient (Wildman–Crippen LogP) is 3.49. The minimum Gasteiger partial charge on any atom is -0.480 e. The molecule has 0 spiro atoms. The van der Waals surface area contributed by atoms with Crippen LogP contribution >= 0.6 is 0 Å². The van der Waals surface area contributed by atoms with Crippen molar-refractivity contribution in [3.05, 3.63) is 35.9 Å². The number of hydrogen-bond donors (Lipinski definition) is 3. The highest BCUT2D eigenvalue weighted by Crippen LogP contribution is 2.19. The van der Waals surface area contributed by atoms with Crippen molar-refractivity contribution in [1.82, 2.24) is 10.6 Å². The SMILES string of the molecule is CC(C)(C)[C@H](NC(=O)OCc1ccccc1)C(=O)O.COC(=O)CNC1CCCCC1. The van der Waals surface area contributed by atoms with Gasteiger partial charge >= 0.3 is 18.0 Å². The summed E-state index contributed by atoms with van der Waals surface area (Å²) in [6.07, 6.45) is 5.60. The number of nitrogens with one attached hydrogen (secondary N) is 2. The summed E-state index contributed by atoms with van der Waals surface area (Å²) < 4.78 is 9.53. The molecule has 1 aromatic rings. The van der Waals surface area contributed by atoms with E-state index >= 15 is 0 Å². The van der Waals surface area contributed by atoms with Gasteiger partial charge in [0.25, 0.3) is 0 Å². The predicted molar refractivity (Wildman–Crippen MR) is 118 cm³/mol. The number of carboxylic acid groups (broad SMARTS) is 1. The van der Waals surface area contributed by atoms with Crippen molar-refractivity contribution >= 4 is 18.0 Å². The van der Waals surface area contributed by atoms with Crippen LogP contribution in [0.25, 0.3) is 0 Å². The summed E-state index contributed by atoms with van der Waals surface area (Å²) in [6.45, 7) is 5.69. The number of amides is 1. The molecule has 0 unspecified atom stereocenters. The number of aliphatic carboxylic acids is 1. The van der Waals surface area contributed by atoms with E-state index in [4.69, 9.17) is 9.84 Å². The van der Waals surface area contributed by atoms with Gasteiger partial charge in [0.2, 0.25) is 0 Å². The number of carbonyl (C=O) groups is 3. The molecule has 1 aliphatic carbocycles. The van der Waals surface area contributed by atoms with Crippen LogP contribution in [0.4, 0.5) is 4.79 Å². The molecule has 8 nitrogen and oxygen atoms in total. The third-order valence-electron chi connectivity index (χ3n) is 4.96. The van der Waals surface area contributed by atoms with Crippen molar-refractivity contribution in [2.24, 2.45) is 5.41 Å². The van der Waals surface area contributed by atoms with Gasteiger partial charge in [-0.1, -0.05) is 70.4 Å². The summed E-state index contributed by atoms with van der Waals surface area (Å²) in [5.41, 5.74) is 0.262. The van der Waals surface area contributed by atoms with E-state index in [1.54, 1.807) is 20.8 Å². The maximum Gasteiger partial charge on any atom is 0.408 e. The Labute approximate surface area is 184 Å². The second-order valence-electron chi connectivity index (χ2n) is 8.64. The van der Waals surface area contributed by atoms with Gasteiger partial charge in [0.1, 0.15) is 12.6 Å². The Balaban J connectivity index is 0.000000343. The van der Waals surface area contributed by atoms with Crippen molar-refractivity contribution in [2.75, 3.05) is 13.7 Å². The second-order valence-corrected chi connectivity index (χ2v) is 8.64. The van der Waals surface area contributed by atoms with Crippen molar-refractivity contribution in [1.29, 1.82) is 0 Å². The van der Waals surface area contributed by atoms with Crippen LogP contribution in [0.3, 0.4) is 0 Å². The van der Waals surface area contributed by atoms with Gasteiger partial charge in [-0.3, -0.25) is 4.79 Å². The smallest absolute Gasteiger partial charge is 0.408 e. The lowest BCUT2D eigenvalue weighted by molar-refractivity contribution is -0.142. The molecule has 2 rings (SSSR count). The standard InChI is InChI=1S/C14H19NO4.C9H17NO2/c1-14(2,3)11(12(16)17)15-13(18)19-9-10-7-5-4-6-8-10;1-12-9(11)7-10-8-5-3-2-4-6-8/h4-8,11H,9H2,1-3H3,(H,15,18)(H,16,17);8,10H,2-7H2,1H3/t11-;/m1./s1. The Hall–Kier alpha value is -2.61. The molecule has 1 fully saturated rings. The van der Waals surface area contributed by atoms with E-state index < -0.39 is 23.5 Å². The fourth-order valence-corrected chi connectivity index (χ4v) is 3.14. The molecule has 0 aliphatic heterocycles. The van der Waals surface area contributed by atoms with Crippen LogP contribution in [-0.4, -0.2) is 48.9 Å². The van der Waals surface area contributed by atoms with E-state index in [1.165, 1.54) is 39.2 Å². The van der Waals surface area contributed by atoms with Crippen molar-refractivity contribution < 1.29 is 29.0 Å². The zero-order valence-electron chi connectivity index (χ0n) is 19.0. The summed E-state index contributed by atoms with van der Waals surface area (Å²) in [5.74, 6) is -1.25. The molecule has 0 radical (unpaired) electrons. The maximum atomic E-state index is 11.6. The molecule has 0 heterocycles. The van der Waals surface area contributed by atoms with Crippen LogP contribution < -0.4 is 10.6 Å². The van der Waals surface area contributed by atoms with Crippen molar-refractivity contribution in [3.8, 4) is 0 Å². The lowest BCUT2D eigenvalue weighted by Gasteiger charge is -2.27. The van der Waals surface area contributed by atoms with Crippen LogP contribution in [0, 0.1) is 5.41 Å². The minimum atomic E-state index is -1.08. The van der Waals surface area contributed by atoms with Gasteiger partial charge < -0.3 is 25.2 Å². The molecule has 1 aromatic carbocycles. The summed E-state index contributed by atoms with van der Waals surface area (Å²) in [7, 11) is 1.42. The molecule has 1 saturated carbocycles. The number of carboxylic acids is 1. The van der Waals surface area contributed by atoms with E-state index in [0.717, 1.165) is 5.56 Å². The zero-order chi connectivity index (χ0) is 23.3. The average molecular weight is 437 g/mol. The third-order valence-corrected chi connectivity index (χ3v) is 4.96. The first-order chi connectivity index (χ1) is 14.6. The molecule has 0 aromatic heterocycles. The number of hydrogen-bond acceptors (Lipinski definition) is 6. The second kappa shape index (κ2) is 13.6. The van der Waals surface area contributed by atoms with Crippen LogP contribution in [0.5, 0.6) is 0 Å². The topological polar surface area (TPSA) is 114 Å². The number of carbonyl (C=O) groups excluding carboxylic acids is 2. The minimum absolute atomic E-state index is 0.114. The normalized spacial score (nSPS) is 15.1. The fourth-order valence-electron chi connectivity index (χ4n) is 3.14. The Morgan fingerprint density at radius 1 is 1.10 bits per heavy atom. The van der Waals surface area contributed by atoms with Crippen LogP contribution in [0.2, 0.25) is 0 Å². The van der Waals surface area contributed by atoms with Crippen molar-refractivity contribution in [3.63, 3.8) is 0 Å². The Morgan fingerprint density at radius 2 is 1.71 bits per heavy atom. The molecule has 8 heteroatoms. The monoisotopic (exact) mass is 436 g/mol. The molecule has 0 saturated heterocycles. The molecular weight excluding hydrogens is 400 g/mol. The van der Waals surface area contributed by atoms with Gasteiger partial charge in [-0.05, 0) is 23.8 Å². The molecule has 1 atom stereocenters. The molecule has 31 heavy (non-hydrogen) atoms. The quantitative estimate of drug-likeness (QED) is 0.561.